The number of ether oxygens (including phenoxy) is 1. The van der Waals surface area contributed by atoms with Crippen molar-refractivity contribution in [2.75, 3.05) is 51.3 Å². The summed E-state index contributed by atoms with van der Waals surface area (Å²) in [6, 6.07) is 11.8. The van der Waals surface area contributed by atoms with Gasteiger partial charge in [-0.05, 0) is 36.8 Å². The summed E-state index contributed by atoms with van der Waals surface area (Å²) in [4.78, 5) is 13.3. The molecular formula is C21H29N5O2. The van der Waals surface area contributed by atoms with Gasteiger partial charge >= 0.3 is 0 Å². The molecule has 0 aliphatic carbocycles. The number of aliphatic hydroxyl groups excluding tert-OH is 1. The van der Waals surface area contributed by atoms with Crippen LogP contribution < -0.4 is 15.0 Å². The number of piperazine rings is 1. The van der Waals surface area contributed by atoms with Crippen LogP contribution in [0.15, 0.2) is 53.8 Å². The summed E-state index contributed by atoms with van der Waals surface area (Å²) in [6.45, 7) is 6.72. The third kappa shape index (κ3) is 5.13. The van der Waals surface area contributed by atoms with Crippen LogP contribution in [0.25, 0.3) is 0 Å². The topological polar surface area (TPSA) is 73.2 Å². The number of aliphatic hydroxyl groups is 1. The Bertz CT molecular complexity index is 760. The summed E-state index contributed by atoms with van der Waals surface area (Å²) in [7, 11) is 1.69. The summed E-state index contributed by atoms with van der Waals surface area (Å²) in [5.41, 5.74) is 2.01. The number of hydrogen-bond donors (Lipinski definition) is 2. The van der Waals surface area contributed by atoms with Gasteiger partial charge in [-0.25, -0.2) is 0 Å². The molecule has 1 fully saturated rings. The van der Waals surface area contributed by atoms with E-state index < -0.39 is 6.10 Å². The first-order valence-electron chi connectivity index (χ1n) is 9.71. The largest absolute Gasteiger partial charge is 0.497 e. The van der Waals surface area contributed by atoms with Crippen LogP contribution in [0.5, 0.6) is 5.75 Å². The standard InChI is InChI=1S/C21H29N5O2/c1-3-23-21(24-16-20(27)17-7-9-22-10-8-17)26-13-11-25(12-14-26)18-5-4-6-19(15-18)28-2/h4-10,15,20,27H,3,11-14,16H2,1-2H3,(H,23,24). The number of rotatable bonds is 6. The summed E-state index contributed by atoms with van der Waals surface area (Å²) in [5, 5.41) is 13.7. The van der Waals surface area contributed by atoms with E-state index in [0.29, 0.717) is 6.54 Å². The highest BCUT2D eigenvalue weighted by Crippen LogP contribution is 2.22. The molecular weight excluding hydrogens is 354 g/mol. The van der Waals surface area contributed by atoms with Crippen molar-refractivity contribution in [2.45, 2.75) is 13.0 Å². The van der Waals surface area contributed by atoms with Crippen LogP contribution in [0.4, 0.5) is 5.69 Å². The number of anilines is 1. The van der Waals surface area contributed by atoms with E-state index in [4.69, 9.17) is 4.74 Å². The fourth-order valence-corrected chi connectivity index (χ4v) is 3.27. The Labute approximate surface area is 166 Å². The van der Waals surface area contributed by atoms with Crippen LogP contribution in [-0.4, -0.2) is 67.3 Å². The van der Waals surface area contributed by atoms with Crippen LogP contribution in [0.1, 0.15) is 18.6 Å². The molecule has 7 heteroatoms. The number of benzene rings is 1. The van der Waals surface area contributed by atoms with Gasteiger partial charge in [-0.2, -0.15) is 0 Å². The highest BCUT2D eigenvalue weighted by atomic mass is 16.5. The summed E-state index contributed by atoms with van der Waals surface area (Å²) in [6.07, 6.45) is 2.74. The molecule has 3 rings (SSSR count). The van der Waals surface area contributed by atoms with Gasteiger partial charge in [0.05, 0.1) is 19.8 Å². The Hall–Kier alpha value is -2.80. The quantitative estimate of drug-likeness (QED) is 0.586. The predicted molar refractivity (Wildman–Crippen MR) is 112 cm³/mol. The smallest absolute Gasteiger partial charge is 0.194 e. The van der Waals surface area contributed by atoms with Crippen LogP contribution in [0, 0.1) is 0 Å². The Morgan fingerprint density at radius 2 is 1.96 bits per heavy atom. The Balaban J connectivity index is 1.60. The second kappa shape index (κ2) is 9.94. The van der Waals surface area contributed by atoms with Crippen LogP contribution in [-0.2, 0) is 0 Å². The minimum Gasteiger partial charge on any atom is -0.497 e. The zero-order valence-electron chi connectivity index (χ0n) is 16.6. The van der Waals surface area contributed by atoms with Gasteiger partial charge in [0, 0.05) is 56.9 Å². The van der Waals surface area contributed by atoms with Crippen molar-refractivity contribution in [1.29, 1.82) is 0 Å². The van der Waals surface area contributed by atoms with Gasteiger partial charge in [0.2, 0.25) is 0 Å². The molecule has 2 aromatic rings. The molecule has 28 heavy (non-hydrogen) atoms. The van der Waals surface area contributed by atoms with Crippen molar-refractivity contribution in [2.24, 2.45) is 4.99 Å². The summed E-state index contributed by atoms with van der Waals surface area (Å²) in [5.74, 6) is 1.72. The Morgan fingerprint density at radius 1 is 1.21 bits per heavy atom. The van der Waals surface area contributed by atoms with Gasteiger partial charge in [-0.15, -0.1) is 0 Å². The molecule has 1 unspecified atom stereocenters. The number of pyridine rings is 1. The molecule has 0 amide bonds. The zero-order valence-corrected chi connectivity index (χ0v) is 16.6. The number of methoxy groups -OCH3 is 1. The Kier molecular flexibility index (Phi) is 7.08. The molecule has 1 aliphatic heterocycles. The number of guanidine groups is 1. The van der Waals surface area contributed by atoms with Gasteiger partial charge in [0.1, 0.15) is 5.75 Å². The van der Waals surface area contributed by atoms with Crippen molar-refractivity contribution in [1.82, 2.24) is 15.2 Å². The first-order chi connectivity index (χ1) is 13.7. The lowest BCUT2D eigenvalue weighted by Gasteiger charge is -2.37. The van der Waals surface area contributed by atoms with Crippen LogP contribution in [0.3, 0.4) is 0 Å². The maximum absolute atomic E-state index is 10.4. The fraction of sp³-hybridized carbons (Fsp3) is 0.429. The van der Waals surface area contributed by atoms with Crippen molar-refractivity contribution in [3.8, 4) is 5.75 Å². The molecule has 0 spiro atoms. The highest BCUT2D eigenvalue weighted by Gasteiger charge is 2.20. The lowest BCUT2D eigenvalue weighted by Crippen LogP contribution is -2.52. The van der Waals surface area contributed by atoms with E-state index in [0.717, 1.165) is 50.0 Å². The van der Waals surface area contributed by atoms with E-state index in [2.05, 4.69) is 44.1 Å². The van der Waals surface area contributed by atoms with E-state index in [-0.39, 0.29) is 0 Å². The first-order valence-corrected chi connectivity index (χ1v) is 9.71. The molecule has 1 aromatic heterocycles. The number of nitrogens with zero attached hydrogens (tertiary/aromatic N) is 4. The SMILES string of the molecule is CCNC(=NCC(O)c1ccncc1)N1CCN(c2cccc(OC)c2)CC1. The maximum Gasteiger partial charge on any atom is 0.194 e. The normalized spacial score (nSPS) is 16.0. The van der Waals surface area contributed by atoms with Gasteiger partial charge in [0.25, 0.3) is 0 Å². The average Bonchev–Trinajstić information content (AvgIpc) is 2.77. The molecule has 1 saturated heterocycles. The third-order valence-electron chi connectivity index (χ3n) is 4.84. The number of aromatic nitrogens is 1. The van der Waals surface area contributed by atoms with Crippen LogP contribution in [0.2, 0.25) is 0 Å². The van der Waals surface area contributed by atoms with Gasteiger partial charge in [-0.1, -0.05) is 6.07 Å². The summed E-state index contributed by atoms with van der Waals surface area (Å²) >= 11 is 0. The van der Waals surface area contributed by atoms with Gasteiger partial charge in [-0.3, -0.25) is 9.98 Å². The monoisotopic (exact) mass is 383 g/mol. The molecule has 1 aliphatic rings. The van der Waals surface area contributed by atoms with E-state index in [1.54, 1.807) is 19.5 Å². The van der Waals surface area contributed by atoms with Gasteiger partial charge < -0.3 is 25.0 Å². The highest BCUT2D eigenvalue weighted by molar-refractivity contribution is 5.80. The molecule has 7 nitrogen and oxygen atoms in total. The van der Waals surface area contributed by atoms with Crippen molar-refractivity contribution in [3.63, 3.8) is 0 Å². The maximum atomic E-state index is 10.4. The minimum atomic E-state index is -0.630. The molecule has 150 valence electrons. The lowest BCUT2D eigenvalue weighted by molar-refractivity contribution is 0.186. The number of hydrogen-bond acceptors (Lipinski definition) is 5. The van der Waals surface area contributed by atoms with Crippen molar-refractivity contribution in [3.05, 3.63) is 54.4 Å². The van der Waals surface area contributed by atoms with E-state index in [1.165, 1.54) is 5.69 Å². The van der Waals surface area contributed by atoms with E-state index >= 15 is 0 Å². The molecule has 0 saturated carbocycles. The number of nitrogens with one attached hydrogen (secondary N) is 1. The third-order valence-corrected chi connectivity index (χ3v) is 4.84. The van der Waals surface area contributed by atoms with Crippen molar-refractivity contribution >= 4 is 11.6 Å². The molecule has 0 bridgehead atoms. The number of aliphatic imine (C=N–C) groups is 1. The Morgan fingerprint density at radius 3 is 2.64 bits per heavy atom. The average molecular weight is 383 g/mol. The predicted octanol–water partition coefficient (Wildman–Crippen LogP) is 1.91. The van der Waals surface area contributed by atoms with E-state index in [1.807, 2.05) is 24.3 Å². The van der Waals surface area contributed by atoms with E-state index in [9.17, 15) is 5.11 Å². The fourth-order valence-electron chi connectivity index (χ4n) is 3.27. The lowest BCUT2D eigenvalue weighted by atomic mass is 10.1. The zero-order chi connectivity index (χ0) is 19.8. The summed E-state index contributed by atoms with van der Waals surface area (Å²) < 4.78 is 5.33. The molecule has 2 heterocycles. The second-order valence-corrected chi connectivity index (χ2v) is 6.67. The first kappa shape index (κ1) is 19.9. The molecule has 1 atom stereocenters. The molecule has 0 radical (unpaired) electrons. The second-order valence-electron chi connectivity index (χ2n) is 6.67. The molecule has 2 N–H and O–H groups in total. The minimum absolute atomic E-state index is 0.322. The van der Waals surface area contributed by atoms with Crippen molar-refractivity contribution < 1.29 is 9.84 Å². The van der Waals surface area contributed by atoms with Crippen LogP contribution >= 0.6 is 0 Å². The van der Waals surface area contributed by atoms with Gasteiger partial charge in [0.15, 0.2) is 5.96 Å². The molecule has 1 aromatic carbocycles.